The summed E-state index contributed by atoms with van der Waals surface area (Å²) in [6.07, 6.45) is 3.32. The van der Waals surface area contributed by atoms with Crippen LogP contribution in [0, 0.1) is 13.8 Å². The summed E-state index contributed by atoms with van der Waals surface area (Å²) in [4.78, 5) is 11.5. The van der Waals surface area contributed by atoms with Crippen molar-refractivity contribution in [1.29, 1.82) is 0 Å². The lowest BCUT2D eigenvalue weighted by Crippen LogP contribution is -2.21. The number of halogens is 1. The van der Waals surface area contributed by atoms with E-state index in [-0.39, 0.29) is 5.15 Å². The summed E-state index contributed by atoms with van der Waals surface area (Å²) < 4.78 is 29.8. The van der Waals surface area contributed by atoms with E-state index in [9.17, 15) is 13.2 Å². The highest BCUT2D eigenvalue weighted by atomic mass is 35.5. The standard InChI is InChI=1S/C20H20ClN3O3S/c1-5-17(18-14(3)22-23(4)20(18)21)28(26,27)24-11-16(12-25)13(2)19(24)15-9-7-6-8-10-15/h5-12,17H,1H2,2-4H3. The molecule has 8 heteroatoms. The van der Waals surface area contributed by atoms with Crippen LogP contribution in [0.3, 0.4) is 0 Å². The molecule has 0 saturated heterocycles. The van der Waals surface area contributed by atoms with Gasteiger partial charge in [-0.1, -0.05) is 48.0 Å². The minimum atomic E-state index is -4.02. The van der Waals surface area contributed by atoms with E-state index in [1.807, 2.05) is 18.2 Å². The summed E-state index contributed by atoms with van der Waals surface area (Å²) in [6, 6.07) is 9.06. The molecular weight excluding hydrogens is 398 g/mol. The Morgan fingerprint density at radius 3 is 2.36 bits per heavy atom. The summed E-state index contributed by atoms with van der Waals surface area (Å²) in [7, 11) is -2.38. The fourth-order valence-corrected chi connectivity index (χ4v) is 5.51. The van der Waals surface area contributed by atoms with E-state index in [0.717, 1.165) is 3.97 Å². The molecule has 0 aliphatic rings. The zero-order valence-electron chi connectivity index (χ0n) is 15.8. The quantitative estimate of drug-likeness (QED) is 0.447. The summed E-state index contributed by atoms with van der Waals surface area (Å²) in [6.45, 7) is 7.14. The van der Waals surface area contributed by atoms with Crippen molar-refractivity contribution in [3.63, 3.8) is 0 Å². The van der Waals surface area contributed by atoms with Crippen LogP contribution in [-0.4, -0.2) is 28.5 Å². The van der Waals surface area contributed by atoms with Crippen LogP contribution in [0.5, 0.6) is 0 Å². The maximum atomic E-state index is 13.6. The van der Waals surface area contributed by atoms with Gasteiger partial charge in [-0.3, -0.25) is 9.48 Å². The Balaban J connectivity index is 2.30. The monoisotopic (exact) mass is 417 g/mol. The second-order valence-corrected chi connectivity index (χ2v) is 8.74. The molecule has 0 N–H and O–H groups in total. The number of aromatic nitrogens is 3. The first-order chi connectivity index (χ1) is 13.2. The molecule has 1 aromatic carbocycles. The average Bonchev–Trinajstić information content (AvgIpc) is 3.14. The van der Waals surface area contributed by atoms with E-state index >= 15 is 0 Å². The number of carbonyl (C=O) groups is 1. The van der Waals surface area contributed by atoms with Gasteiger partial charge in [-0.05, 0) is 25.0 Å². The SMILES string of the molecule is C=CC(c1c(C)nn(C)c1Cl)S(=O)(=O)n1cc(C=O)c(C)c1-c1ccccc1. The van der Waals surface area contributed by atoms with Crippen molar-refractivity contribution in [1.82, 2.24) is 13.8 Å². The molecule has 146 valence electrons. The lowest BCUT2D eigenvalue weighted by atomic mass is 10.1. The maximum absolute atomic E-state index is 13.6. The van der Waals surface area contributed by atoms with E-state index in [4.69, 9.17) is 11.6 Å². The normalized spacial score (nSPS) is 12.7. The van der Waals surface area contributed by atoms with Crippen LogP contribution in [0.15, 0.2) is 49.2 Å². The molecule has 0 fully saturated rings. The van der Waals surface area contributed by atoms with Crippen molar-refractivity contribution in [3.8, 4) is 11.3 Å². The zero-order valence-corrected chi connectivity index (χ0v) is 17.3. The highest BCUT2D eigenvalue weighted by Crippen LogP contribution is 2.37. The van der Waals surface area contributed by atoms with Gasteiger partial charge in [-0.15, -0.1) is 6.58 Å². The number of hydrogen-bond donors (Lipinski definition) is 0. The van der Waals surface area contributed by atoms with Crippen molar-refractivity contribution in [2.24, 2.45) is 7.05 Å². The van der Waals surface area contributed by atoms with Gasteiger partial charge in [0.05, 0.1) is 11.4 Å². The van der Waals surface area contributed by atoms with Crippen molar-refractivity contribution in [2.75, 3.05) is 0 Å². The fourth-order valence-electron chi connectivity index (χ4n) is 3.33. The Bertz CT molecular complexity index is 1160. The molecule has 6 nitrogen and oxygen atoms in total. The predicted octanol–water partition coefficient (Wildman–Crippen LogP) is 4.08. The first-order valence-corrected chi connectivity index (χ1v) is 10.4. The lowest BCUT2D eigenvalue weighted by Gasteiger charge is -2.18. The maximum Gasteiger partial charge on any atom is 0.249 e. The van der Waals surface area contributed by atoms with E-state index in [0.29, 0.717) is 39.9 Å². The van der Waals surface area contributed by atoms with Gasteiger partial charge in [0.15, 0.2) is 6.29 Å². The Morgan fingerprint density at radius 2 is 1.86 bits per heavy atom. The molecule has 1 unspecified atom stereocenters. The Hall–Kier alpha value is -2.64. The summed E-state index contributed by atoms with van der Waals surface area (Å²) in [5.41, 5.74) is 2.89. The first kappa shape index (κ1) is 20.1. The Morgan fingerprint density at radius 1 is 1.21 bits per heavy atom. The topological polar surface area (TPSA) is 74.0 Å². The Labute approximate surface area is 169 Å². The molecule has 2 heterocycles. The number of carbonyl (C=O) groups excluding carboxylic acids is 1. The van der Waals surface area contributed by atoms with Gasteiger partial charge in [0, 0.05) is 24.4 Å². The smallest absolute Gasteiger partial charge is 0.249 e. The third-order valence-electron chi connectivity index (χ3n) is 4.73. The predicted molar refractivity (Wildman–Crippen MR) is 110 cm³/mol. The number of hydrogen-bond acceptors (Lipinski definition) is 4. The molecule has 3 rings (SSSR count). The third-order valence-corrected chi connectivity index (χ3v) is 7.08. The van der Waals surface area contributed by atoms with E-state index in [2.05, 4.69) is 11.7 Å². The second kappa shape index (κ2) is 7.41. The number of nitrogens with zero attached hydrogens (tertiary/aromatic N) is 3. The van der Waals surface area contributed by atoms with Gasteiger partial charge in [0.2, 0.25) is 10.0 Å². The van der Waals surface area contributed by atoms with Crippen LogP contribution < -0.4 is 0 Å². The number of aryl methyl sites for hydroxylation is 2. The minimum Gasteiger partial charge on any atom is -0.298 e. The molecule has 0 bridgehead atoms. The first-order valence-electron chi connectivity index (χ1n) is 8.52. The van der Waals surface area contributed by atoms with Gasteiger partial charge in [0.25, 0.3) is 0 Å². The summed E-state index contributed by atoms with van der Waals surface area (Å²) in [5.74, 6) is 0. The number of aldehydes is 1. The minimum absolute atomic E-state index is 0.228. The van der Waals surface area contributed by atoms with Gasteiger partial charge < -0.3 is 0 Å². The van der Waals surface area contributed by atoms with Crippen LogP contribution >= 0.6 is 11.6 Å². The van der Waals surface area contributed by atoms with Crippen molar-refractivity contribution in [2.45, 2.75) is 19.1 Å². The molecule has 0 spiro atoms. The highest BCUT2D eigenvalue weighted by molar-refractivity contribution is 7.90. The second-order valence-electron chi connectivity index (χ2n) is 6.45. The van der Waals surface area contributed by atoms with Crippen LogP contribution in [0.25, 0.3) is 11.3 Å². The van der Waals surface area contributed by atoms with E-state index in [1.54, 1.807) is 33.0 Å². The highest BCUT2D eigenvalue weighted by Gasteiger charge is 2.34. The van der Waals surface area contributed by atoms with Crippen LogP contribution in [0.1, 0.15) is 32.4 Å². The molecule has 2 aromatic heterocycles. The number of rotatable bonds is 6. The molecule has 28 heavy (non-hydrogen) atoms. The number of benzene rings is 1. The summed E-state index contributed by atoms with van der Waals surface area (Å²) in [5, 5.41) is 3.32. The van der Waals surface area contributed by atoms with Crippen molar-refractivity contribution >= 4 is 27.9 Å². The van der Waals surface area contributed by atoms with Gasteiger partial charge in [0.1, 0.15) is 10.4 Å². The van der Waals surface area contributed by atoms with Gasteiger partial charge in [-0.2, -0.15) is 5.10 Å². The third kappa shape index (κ3) is 3.10. The lowest BCUT2D eigenvalue weighted by molar-refractivity contribution is 0.112. The molecule has 1 atom stereocenters. The molecule has 3 aromatic rings. The molecule has 0 aliphatic heterocycles. The molecule has 0 aliphatic carbocycles. The van der Waals surface area contributed by atoms with Crippen LogP contribution in [-0.2, 0) is 17.1 Å². The van der Waals surface area contributed by atoms with Crippen molar-refractivity contribution < 1.29 is 13.2 Å². The molecule has 0 saturated carbocycles. The van der Waals surface area contributed by atoms with E-state index < -0.39 is 15.3 Å². The van der Waals surface area contributed by atoms with Gasteiger partial charge in [-0.25, -0.2) is 12.4 Å². The zero-order chi connectivity index (χ0) is 20.6. The largest absolute Gasteiger partial charge is 0.298 e. The molecule has 0 radical (unpaired) electrons. The van der Waals surface area contributed by atoms with E-state index in [1.165, 1.54) is 17.0 Å². The fraction of sp³-hybridized carbons (Fsp3) is 0.200. The van der Waals surface area contributed by atoms with Gasteiger partial charge >= 0.3 is 0 Å². The van der Waals surface area contributed by atoms with Crippen molar-refractivity contribution in [3.05, 3.63) is 76.7 Å². The Kier molecular flexibility index (Phi) is 5.32. The summed E-state index contributed by atoms with van der Waals surface area (Å²) >= 11 is 6.32. The van der Waals surface area contributed by atoms with Crippen LogP contribution in [0.2, 0.25) is 5.15 Å². The molecular formula is C20H20ClN3O3S. The molecule has 0 amide bonds. The average molecular weight is 418 g/mol. The van der Waals surface area contributed by atoms with Crippen LogP contribution in [0.4, 0.5) is 0 Å².